The number of aromatic nitrogens is 4. The molecule has 0 radical (unpaired) electrons. The van der Waals surface area contributed by atoms with E-state index >= 15 is 0 Å². The molecule has 0 bridgehead atoms. The average Bonchev–Trinajstić information content (AvgIpc) is 3.45. The van der Waals surface area contributed by atoms with Crippen LogP contribution in [-0.4, -0.2) is 25.8 Å². The van der Waals surface area contributed by atoms with E-state index in [0.29, 0.717) is 22.5 Å². The summed E-state index contributed by atoms with van der Waals surface area (Å²) in [7, 11) is 1.56. The van der Waals surface area contributed by atoms with E-state index in [4.69, 9.17) is 4.74 Å². The van der Waals surface area contributed by atoms with Crippen LogP contribution in [0, 0.1) is 5.82 Å². The highest BCUT2D eigenvalue weighted by molar-refractivity contribution is 5.72. The zero-order chi connectivity index (χ0) is 22.2. The van der Waals surface area contributed by atoms with Crippen molar-refractivity contribution in [1.82, 2.24) is 18.7 Å². The molecule has 5 rings (SSSR count). The molecular formula is C24H23FN4O3. The fourth-order valence-electron chi connectivity index (χ4n) is 4.57. The molecular weight excluding hydrogens is 411 g/mol. The highest BCUT2D eigenvalue weighted by atomic mass is 19.1. The zero-order valence-corrected chi connectivity index (χ0v) is 17.7. The summed E-state index contributed by atoms with van der Waals surface area (Å²) in [6.45, 7) is 0.268. The molecule has 0 unspecified atom stereocenters. The lowest BCUT2D eigenvalue weighted by molar-refractivity contribution is 0.414. The Morgan fingerprint density at radius 1 is 1.09 bits per heavy atom. The Balaban J connectivity index is 1.78. The summed E-state index contributed by atoms with van der Waals surface area (Å²) in [6.07, 6.45) is 5.08. The molecule has 1 aliphatic rings. The summed E-state index contributed by atoms with van der Waals surface area (Å²) in [5.74, 6) is 0.254. The van der Waals surface area contributed by atoms with Crippen molar-refractivity contribution in [3.63, 3.8) is 0 Å². The van der Waals surface area contributed by atoms with Crippen LogP contribution in [0.1, 0.15) is 37.3 Å². The molecule has 1 saturated carbocycles. The number of halogens is 1. The normalized spacial score (nSPS) is 14.3. The lowest BCUT2D eigenvalue weighted by Gasteiger charge is -2.17. The van der Waals surface area contributed by atoms with Crippen molar-refractivity contribution in [2.75, 3.05) is 7.11 Å². The van der Waals surface area contributed by atoms with Crippen LogP contribution < -0.4 is 16.0 Å². The van der Waals surface area contributed by atoms with Crippen LogP contribution in [0.5, 0.6) is 5.75 Å². The molecule has 8 heteroatoms. The van der Waals surface area contributed by atoms with Crippen molar-refractivity contribution in [3.05, 3.63) is 87.1 Å². The number of fused-ring (bicyclic) bond motifs is 1. The van der Waals surface area contributed by atoms with Crippen molar-refractivity contribution in [3.8, 4) is 11.4 Å². The van der Waals surface area contributed by atoms with E-state index < -0.39 is 5.69 Å². The molecule has 2 heterocycles. The van der Waals surface area contributed by atoms with Crippen molar-refractivity contribution in [1.29, 1.82) is 0 Å². The molecule has 0 atom stereocenters. The van der Waals surface area contributed by atoms with E-state index in [2.05, 4.69) is 4.98 Å². The smallest absolute Gasteiger partial charge is 0.337 e. The molecule has 7 nitrogen and oxygen atoms in total. The molecule has 1 fully saturated rings. The maximum atomic E-state index is 13.7. The molecule has 0 N–H and O–H groups in total. The Morgan fingerprint density at radius 3 is 2.62 bits per heavy atom. The lowest BCUT2D eigenvalue weighted by atomic mass is 10.2. The molecule has 1 aliphatic carbocycles. The van der Waals surface area contributed by atoms with Gasteiger partial charge in [-0.05, 0) is 42.7 Å². The lowest BCUT2D eigenvalue weighted by Crippen LogP contribution is -2.41. The standard InChI is InChI=1S/C24H23FN4O3/c1-32-20-11-5-10-19(13-20)28-22-21(23(30)29(24(28)31)18-8-2-3-9-18)27(15-26-22)14-16-6-4-7-17(25)12-16/h4-7,10-13,15,18H,2-3,8-9,14H2,1H3. The summed E-state index contributed by atoms with van der Waals surface area (Å²) in [4.78, 5) is 31.6. The van der Waals surface area contributed by atoms with Crippen molar-refractivity contribution >= 4 is 11.2 Å². The Morgan fingerprint density at radius 2 is 1.88 bits per heavy atom. The summed E-state index contributed by atoms with van der Waals surface area (Å²) >= 11 is 0. The summed E-state index contributed by atoms with van der Waals surface area (Å²) < 4.78 is 23.6. The number of hydrogen-bond donors (Lipinski definition) is 0. The van der Waals surface area contributed by atoms with Crippen LogP contribution in [0.4, 0.5) is 4.39 Å². The minimum atomic E-state index is -0.404. The zero-order valence-electron chi connectivity index (χ0n) is 17.7. The highest BCUT2D eigenvalue weighted by Crippen LogP contribution is 2.28. The van der Waals surface area contributed by atoms with Gasteiger partial charge in [0.15, 0.2) is 11.2 Å². The predicted molar refractivity (Wildman–Crippen MR) is 119 cm³/mol. The van der Waals surface area contributed by atoms with Crippen molar-refractivity contribution < 1.29 is 9.13 Å². The van der Waals surface area contributed by atoms with E-state index in [1.54, 1.807) is 48.1 Å². The van der Waals surface area contributed by atoms with Gasteiger partial charge in [-0.25, -0.2) is 18.7 Å². The van der Waals surface area contributed by atoms with E-state index in [-0.39, 0.29) is 29.6 Å². The first-order chi connectivity index (χ1) is 15.6. The molecule has 32 heavy (non-hydrogen) atoms. The number of hydrogen-bond acceptors (Lipinski definition) is 4. The van der Waals surface area contributed by atoms with Gasteiger partial charge in [0.1, 0.15) is 11.6 Å². The van der Waals surface area contributed by atoms with E-state index in [0.717, 1.165) is 25.7 Å². The van der Waals surface area contributed by atoms with Gasteiger partial charge in [0.05, 0.1) is 19.1 Å². The topological polar surface area (TPSA) is 71.1 Å². The molecule has 0 saturated heterocycles. The van der Waals surface area contributed by atoms with Crippen molar-refractivity contribution in [2.24, 2.45) is 0 Å². The second-order valence-electron chi connectivity index (χ2n) is 8.11. The number of ether oxygens (including phenoxy) is 1. The summed E-state index contributed by atoms with van der Waals surface area (Å²) in [6, 6.07) is 13.2. The Hall–Kier alpha value is -3.68. The van der Waals surface area contributed by atoms with E-state index in [1.807, 2.05) is 0 Å². The largest absolute Gasteiger partial charge is 0.497 e. The summed E-state index contributed by atoms with van der Waals surface area (Å²) in [5, 5.41) is 0. The molecule has 0 amide bonds. The van der Waals surface area contributed by atoms with Gasteiger partial charge < -0.3 is 9.30 Å². The van der Waals surface area contributed by atoms with Crippen LogP contribution in [-0.2, 0) is 6.54 Å². The van der Waals surface area contributed by atoms with Gasteiger partial charge in [-0.15, -0.1) is 0 Å². The second kappa shape index (κ2) is 8.11. The van der Waals surface area contributed by atoms with Crippen LogP contribution >= 0.6 is 0 Å². The third-order valence-corrected chi connectivity index (χ3v) is 6.09. The number of methoxy groups -OCH3 is 1. The second-order valence-corrected chi connectivity index (χ2v) is 8.11. The third-order valence-electron chi connectivity index (χ3n) is 6.09. The number of imidazole rings is 1. The maximum absolute atomic E-state index is 13.7. The first-order valence-electron chi connectivity index (χ1n) is 10.7. The Labute approximate surface area is 183 Å². The van der Waals surface area contributed by atoms with Gasteiger partial charge in [-0.3, -0.25) is 9.36 Å². The SMILES string of the molecule is COc1cccc(-n2c(=O)n(C3CCCC3)c(=O)c3c2ncn3Cc2cccc(F)c2)c1. The van der Waals surface area contributed by atoms with Gasteiger partial charge in [0.2, 0.25) is 0 Å². The van der Waals surface area contributed by atoms with Gasteiger partial charge in [0, 0.05) is 18.7 Å². The number of benzene rings is 2. The minimum absolute atomic E-state index is 0.145. The van der Waals surface area contributed by atoms with E-state index in [9.17, 15) is 14.0 Å². The molecule has 0 aliphatic heterocycles. The van der Waals surface area contributed by atoms with Crippen LogP contribution in [0.25, 0.3) is 16.9 Å². The molecule has 2 aromatic carbocycles. The fraction of sp³-hybridized carbons (Fsp3) is 0.292. The Kier molecular flexibility index (Phi) is 5.13. The third kappa shape index (κ3) is 3.41. The van der Waals surface area contributed by atoms with Gasteiger partial charge in [-0.2, -0.15) is 0 Å². The van der Waals surface area contributed by atoms with Gasteiger partial charge in [0.25, 0.3) is 5.56 Å². The van der Waals surface area contributed by atoms with Crippen LogP contribution in [0.15, 0.2) is 64.4 Å². The fourth-order valence-corrected chi connectivity index (χ4v) is 4.57. The van der Waals surface area contributed by atoms with Crippen LogP contribution in [0.2, 0.25) is 0 Å². The minimum Gasteiger partial charge on any atom is -0.497 e. The molecule has 0 spiro atoms. The Bertz CT molecular complexity index is 1410. The first kappa shape index (κ1) is 20.2. The van der Waals surface area contributed by atoms with E-state index in [1.165, 1.54) is 27.6 Å². The number of nitrogens with zero attached hydrogens (tertiary/aromatic N) is 4. The summed E-state index contributed by atoms with van der Waals surface area (Å²) in [5.41, 5.74) is 1.11. The molecule has 164 valence electrons. The quantitative estimate of drug-likeness (QED) is 0.481. The highest BCUT2D eigenvalue weighted by Gasteiger charge is 2.26. The van der Waals surface area contributed by atoms with Crippen molar-refractivity contribution in [2.45, 2.75) is 38.3 Å². The predicted octanol–water partition coefficient (Wildman–Crippen LogP) is 3.66. The van der Waals surface area contributed by atoms with Gasteiger partial charge in [-0.1, -0.05) is 31.0 Å². The van der Waals surface area contributed by atoms with Crippen LogP contribution in [0.3, 0.4) is 0 Å². The first-order valence-corrected chi connectivity index (χ1v) is 10.7. The molecule has 4 aromatic rings. The average molecular weight is 434 g/mol. The number of rotatable bonds is 5. The maximum Gasteiger partial charge on any atom is 0.337 e. The monoisotopic (exact) mass is 434 g/mol. The molecule has 2 aromatic heterocycles. The van der Waals surface area contributed by atoms with Gasteiger partial charge >= 0.3 is 5.69 Å².